The third-order valence-electron chi connectivity index (χ3n) is 1.23. The molecule has 1 heterocycles. The normalized spacial score (nSPS) is 11.3. The molecule has 0 aliphatic rings. The van der Waals surface area contributed by atoms with Gasteiger partial charge < -0.3 is 4.74 Å². The van der Waals surface area contributed by atoms with Crippen molar-refractivity contribution in [3.05, 3.63) is 22.3 Å². The molecular weight excluding hydrogens is 302 g/mol. The Bertz CT molecular complexity index is 396. The Balaban J connectivity index is 3.06. The van der Waals surface area contributed by atoms with Crippen molar-refractivity contribution in [3.63, 3.8) is 0 Å². The molecule has 1 aromatic rings. The number of halogens is 5. The molecule has 0 fully saturated rings. The maximum absolute atomic E-state index is 11.9. The number of aromatic nitrogens is 1. The van der Waals surface area contributed by atoms with Gasteiger partial charge in [-0.15, -0.1) is 13.2 Å². The van der Waals surface area contributed by atoms with Crippen LogP contribution in [0.25, 0.3) is 0 Å². The summed E-state index contributed by atoms with van der Waals surface area (Å²) in [7, 11) is 0. The van der Waals surface area contributed by atoms with E-state index in [4.69, 9.17) is 11.6 Å². The highest BCUT2D eigenvalue weighted by molar-refractivity contribution is 9.10. The van der Waals surface area contributed by atoms with Crippen LogP contribution in [0.1, 0.15) is 10.5 Å². The van der Waals surface area contributed by atoms with E-state index in [1.165, 1.54) is 12.1 Å². The highest BCUT2D eigenvalue weighted by Gasteiger charge is 2.33. The first-order chi connectivity index (χ1) is 6.79. The van der Waals surface area contributed by atoms with E-state index < -0.39 is 17.5 Å². The van der Waals surface area contributed by atoms with Crippen molar-refractivity contribution >= 4 is 32.8 Å². The molecular formula is C7H2BrClF3NO2. The van der Waals surface area contributed by atoms with Gasteiger partial charge in [0.25, 0.3) is 5.24 Å². The largest absolute Gasteiger partial charge is 0.574 e. The zero-order valence-electron chi connectivity index (χ0n) is 6.81. The molecule has 0 saturated heterocycles. The van der Waals surface area contributed by atoms with Gasteiger partial charge in [-0.3, -0.25) is 4.79 Å². The molecule has 0 saturated carbocycles. The van der Waals surface area contributed by atoms with Crippen molar-refractivity contribution in [2.45, 2.75) is 6.36 Å². The molecule has 0 radical (unpaired) electrons. The van der Waals surface area contributed by atoms with Gasteiger partial charge in [-0.1, -0.05) is 0 Å². The topological polar surface area (TPSA) is 39.2 Å². The molecule has 0 aliphatic carbocycles. The molecule has 0 N–H and O–H groups in total. The van der Waals surface area contributed by atoms with Crippen LogP contribution in [-0.4, -0.2) is 16.6 Å². The third-order valence-corrected chi connectivity index (χ3v) is 2.02. The van der Waals surface area contributed by atoms with E-state index in [0.717, 1.165) is 0 Å². The molecule has 82 valence electrons. The number of carbonyl (C=O) groups is 1. The van der Waals surface area contributed by atoms with Crippen LogP contribution in [0.4, 0.5) is 13.2 Å². The zero-order valence-corrected chi connectivity index (χ0v) is 9.15. The number of alkyl halides is 3. The van der Waals surface area contributed by atoms with Crippen LogP contribution in [-0.2, 0) is 0 Å². The predicted molar refractivity (Wildman–Crippen MR) is 48.8 cm³/mol. The Kier molecular flexibility index (Phi) is 3.56. The Morgan fingerprint density at radius 2 is 2.07 bits per heavy atom. The number of hydrogen-bond donors (Lipinski definition) is 0. The molecule has 1 rings (SSSR count). The van der Waals surface area contributed by atoms with Gasteiger partial charge in [0.05, 0.1) is 4.47 Å². The molecule has 0 spiro atoms. The van der Waals surface area contributed by atoms with E-state index in [0.29, 0.717) is 0 Å². The van der Waals surface area contributed by atoms with Crippen LogP contribution in [0, 0.1) is 0 Å². The fourth-order valence-corrected chi connectivity index (χ4v) is 1.12. The zero-order chi connectivity index (χ0) is 11.6. The summed E-state index contributed by atoms with van der Waals surface area (Å²) < 4.78 is 39.1. The standard InChI is InChI=1S/C7H2BrClF3NO2/c8-3-1-2-4(5(9)14)13-6(3)15-7(10,11)12/h1-2H. The lowest BCUT2D eigenvalue weighted by molar-refractivity contribution is -0.276. The molecule has 15 heavy (non-hydrogen) atoms. The van der Waals surface area contributed by atoms with E-state index in [1.807, 2.05) is 0 Å². The lowest BCUT2D eigenvalue weighted by atomic mass is 10.4. The first kappa shape index (κ1) is 12.3. The van der Waals surface area contributed by atoms with Crippen molar-refractivity contribution in [1.82, 2.24) is 4.98 Å². The van der Waals surface area contributed by atoms with Gasteiger partial charge in [-0.25, -0.2) is 4.98 Å². The second-order valence-electron chi connectivity index (χ2n) is 2.30. The van der Waals surface area contributed by atoms with Crippen molar-refractivity contribution in [2.75, 3.05) is 0 Å². The maximum Gasteiger partial charge on any atom is 0.574 e. The quantitative estimate of drug-likeness (QED) is 0.788. The molecule has 3 nitrogen and oxygen atoms in total. The average Bonchev–Trinajstić information content (AvgIpc) is 2.06. The average molecular weight is 304 g/mol. The molecule has 0 aliphatic heterocycles. The van der Waals surface area contributed by atoms with Gasteiger partial charge in [0.15, 0.2) is 0 Å². The molecule has 8 heteroatoms. The third kappa shape index (κ3) is 3.67. The minimum Gasteiger partial charge on any atom is -0.387 e. The van der Waals surface area contributed by atoms with E-state index in [9.17, 15) is 18.0 Å². The van der Waals surface area contributed by atoms with E-state index >= 15 is 0 Å². The van der Waals surface area contributed by atoms with Gasteiger partial charge in [0.2, 0.25) is 5.88 Å². The first-order valence-corrected chi connectivity index (χ1v) is 4.59. The van der Waals surface area contributed by atoms with E-state index in [2.05, 4.69) is 25.7 Å². The number of carbonyl (C=O) groups excluding carboxylic acids is 1. The van der Waals surface area contributed by atoms with Crippen LogP contribution >= 0.6 is 27.5 Å². The summed E-state index contributed by atoms with van der Waals surface area (Å²) in [5.41, 5.74) is -0.320. The van der Waals surface area contributed by atoms with Crippen molar-refractivity contribution in [3.8, 4) is 5.88 Å². The van der Waals surface area contributed by atoms with Gasteiger partial charge in [0.1, 0.15) is 5.69 Å². The van der Waals surface area contributed by atoms with Gasteiger partial charge in [-0.05, 0) is 39.7 Å². The Morgan fingerprint density at radius 3 is 2.53 bits per heavy atom. The molecule has 0 aromatic carbocycles. The first-order valence-electron chi connectivity index (χ1n) is 3.42. The van der Waals surface area contributed by atoms with Crippen LogP contribution in [0.3, 0.4) is 0 Å². The summed E-state index contributed by atoms with van der Waals surface area (Å²) in [5.74, 6) is -0.756. The number of ether oxygens (including phenoxy) is 1. The van der Waals surface area contributed by atoms with Crippen molar-refractivity contribution in [1.29, 1.82) is 0 Å². The predicted octanol–water partition coefficient (Wildman–Crippen LogP) is 3.12. The summed E-state index contributed by atoms with van der Waals surface area (Å²) in [6.45, 7) is 0. The minimum absolute atomic E-state index is 0.0264. The second-order valence-corrected chi connectivity index (χ2v) is 3.50. The monoisotopic (exact) mass is 303 g/mol. The van der Waals surface area contributed by atoms with Gasteiger partial charge >= 0.3 is 6.36 Å². The van der Waals surface area contributed by atoms with Crippen LogP contribution in [0.15, 0.2) is 16.6 Å². The molecule has 0 unspecified atom stereocenters. The Hall–Kier alpha value is -0.820. The smallest absolute Gasteiger partial charge is 0.387 e. The number of nitrogens with zero attached hydrogens (tertiary/aromatic N) is 1. The lowest BCUT2D eigenvalue weighted by Crippen LogP contribution is -2.18. The summed E-state index contributed by atoms with van der Waals surface area (Å²) in [4.78, 5) is 13.9. The van der Waals surface area contributed by atoms with Crippen LogP contribution in [0.2, 0.25) is 0 Å². The molecule has 0 amide bonds. The molecule has 1 aromatic heterocycles. The summed E-state index contributed by atoms with van der Waals surface area (Å²) in [6.07, 6.45) is -4.87. The van der Waals surface area contributed by atoms with Gasteiger partial charge in [0, 0.05) is 0 Å². The van der Waals surface area contributed by atoms with Crippen molar-refractivity contribution < 1.29 is 22.7 Å². The number of hydrogen-bond acceptors (Lipinski definition) is 3. The highest BCUT2D eigenvalue weighted by atomic mass is 79.9. The van der Waals surface area contributed by atoms with Crippen LogP contribution < -0.4 is 4.74 Å². The lowest BCUT2D eigenvalue weighted by Gasteiger charge is -2.09. The number of pyridine rings is 1. The fourth-order valence-electron chi connectivity index (χ4n) is 0.714. The summed E-state index contributed by atoms with van der Waals surface area (Å²) >= 11 is 7.84. The maximum atomic E-state index is 11.9. The van der Waals surface area contributed by atoms with E-state index in [-0.39, 0.29) is 10.2 Å². The number of rotatable bonds is 2. The van der Waals surface area contributed by atoms with E-state index in [1.54, 1.807) is 0 Å². The van der Waals surface area contributed by atoms with Crippen LogP contribution in [0.5, 0.6) is 5.88 Å². The Labute approximate surface area is 95.3 Å². The highest BCUT2D eigenvalue weighted by Crippen LogP contribution is 2.28. The summed E-state index contributed by atoms with van der Waals surface area (Å²) in [5, 5.41) is -0.963. The van der Waals surface area contributed by atoms with Crippen molar-refractivity contribution in [2.24, 2.45) is 0 Å². The SMILES string of the molecule is O=C(Cl)c1ccc(Br)c(OC(F)(F)F)n1. The minimum atomic E-state index is -4.87. The molecule has 0 bridgehead atoms. The Morgan fingerprint density at radius 1 is 1.47 bits per heavy atom. The van der Waals surface area contributed by atoms with Gasteiger partial charge in [-0.2, -0.15) is 0 Å². The fraction of sp³-hybridized carbons (Fsp3) is 0.143. The summed E-state index contributed by atoms with van der Waals surface area (Å²) in [6, 6.07) is 2.35. The molecule has 0 atom stereocenters. The second kappa shape index (κ2) is 4.36.